The first-order valence-corrected chi connectivity index (χ1v) is 9.15. The summed E-state index contributed by atoms with van der Waals surface area (Å²) in [4.78, 5) is 47.0. The lowest BCUT2D eigenvalue weighted by molar-refractivity contribution is -0.136. The molecule has 0 aliphatic rings. The molecular formula is C19H25N5O5. The molecule has 0 fully saturated rings. The van der Waals surface area contributed by atoms with Crippen LogP contribution in [0.5, 0.6) is 0 Å². The molecule has 0 aromatic carbocycles. The fraction of sp³-hybridized carbons (Fsp3) is 0.368. The standard InChI is InChI=1S/C19H25N5O5/c1-4-5-16(25)21-12-8-15(24(3)10-12)19(29)22-13-9-14(23(2)11-13)18(28)20-7-6-17(26)27/h8-11H,4-7H2,1-3H3,(H,20,28)(H,21,25)(H,22,29)(H,26,27). The van der Waals surface area contributed by atoms with Gasteiger partial charge in [0.25, 0.3) is 11.8 Å². The van der Waals surface area contributed by atoms with E-state index in [1.807, 2.05) is 6.92 Å². The number of amides is 3. The number of carboxylic acids is 1. The zero-order chi connectivity index (χ0) is 21.6. The maximum atomic E-state index is 12.6. The molecule has 3 amide bonds. The molecule has 0 unspecified atom stereocenters. The molecule has 0 saturated heterocycles. The van der Waals surface area contributed by atoms with Gasteiger partial charge in [0.2, 0.25) is 5.91 Å². The molecule has 29 heavy (non-hydrogen) atoms. The molecule has 0 aliphatic heterocycles. The normalized spacial score (nSPS) is 10.4. The van der Waals surface area contributed by atoms with Crippen LogP contribution in [0.25, 0.3) is 0 Å². The minimum Gasteiger partial charge on any atom is -0.481 e. The second-order valence-corrected chi connectivity index (χ2v) is 6.60. The molecule has 156 valence electrons. The van der Waals surface area contributed by atoms with Gasteiger partial charge in [-0.25, -0.2) is 0 Å². The first-order valence-electron chi connectivity index (χ1n) is 9.15. The number of carbonyl (C=O) groups is 4. The summed E-state index contributed by atoms with van der Waals surface area (Å²) in [5.74, 6) is -1.95. The van der Waals surface area contributed by atoms with Gasteiger partial charge in [-0.1, -0.05) is 6.92 Å². The number of aryl methyl sites for hydroxylation is 2. The van der Waals surface area contributed by atoms with E-state index >= 15 is 0 Å². The second kappa shape index (κ2) is 9.58. The summed E-state index contributed by atoms with van der Waals surface area (Å²) in [5.41, 5.74) is 1.57. The number of aromatic nitrogens is 2. The van der Waals surface area contributed by atoms with E-state index in [1.165, 1.54) is 10.6 Å². The van der Waals surface area contributed by atoms with Gasteiger partial charge < -0.3 is 30.2 Å². The van der Waals surface area contributed by atoms with Crippen LogP contribution in [0.3, 0.4) is 0 Å². The van der Waals surface area contributed by atoms with Gasteiger partial charge in [0.15, 0.2) is 0 Å². The molecule has 10 nitrogen and oxygen atoms in total. The molecule has 0 bridgehead atoms. The highest BCUT2D eigenvalue weighted by Gasteiger charge is 2.17. The van der Waals surface area contributed by atoms with Crippen molar-refractivity contribution >= 4 is 35.1 Å². The van der Waals surface area contributed by atoms with Crippen LogP contribution in [0.15, 0.2) is 24.5 Å². The zero-order valence-electron chi connectivity index (χ0n) is 16.6. The average Bonchev–Trinajstić information content (AvgIpc) is 3.16. The van der Waals surface area contributed by atoms with Gasteiger partial charge >= 0.3 is 5.97 Å². The first-order chi connectivity index (χ1) is 13.7. The lowest BCUT2D eigenvalue weighted by Gasteiger charge is -2.03. The number of hydrogen-bond donors (Lipinski definition) is 4. The number of hydrogen-bond acceptors (Lipinski definition) is 4. The van der Waals surface area contributed by atoms with Crippen LogP contribution < -0.4 is 16.0 Å². The molecule has 0 atom stereocenters. The van der Waals surface area contributed by atoms with Crippen molar-refractivity contribution in [1.82, 2.24) is 14.5 Å². The third-order valence-electron chi connectivity index (χ3n) is 4.12. The van der Waals surface area contributed by atoms with Crippen molar-refractivity contribution in [3.05, 3.63) is 35.9 Å². The Labute approximate surface area is 167 Å². The predicted octanol–water partition coefficient (Wildman–Crippen LogP) is 1.56. The third-order valence-corrected chi connectivity index (χ3v) is 4.12. The number of carbonyl (C=O) groups excluding carboxylic acids is 3. The topological polar surface area (TPSA) is 134 Å². The molecule has 0 radical (unpaired) electrons. The van der Waals surface area contributed by atoms with Crippen molar-refractivity contribution in [3.8, 4) is 0 Å². The molecule has 0 saturated carbocycles. The average molecular weight is 403 g/mol. The van der Waals surface area contributed by atoms with E-state index in [0.717, 1.165) is 6.42 Å². The van der Waals surface area contributed by atoms with E-state index in [4.69, 9.17) is 5.11 Å². The lowest BCUT2D eigenvalue weighted by Crippen LogP contribution is -2.27. The number of nitrogens with zero attached hydrogens (tertiary/aromatic N) is 2. The molecule has 10 heteroatoms. The summed E-state index contributed by atoms with van der Waals surface area (Å²) in [6, 6.07) is 3.08. The molecular weight excluding hydrogens is 378 g/mol. The van der Waals surface area contributed by atoms with E-state index in [-0.39, 0.29) is 24.6 Å². The van der Waals surface area contributed by atoms with Crippen LogP contribution in [-0.2, 0) is 23.7 Å². The maximum absolute atomic E-state index is 12.6. The minimum absolute atomic E-state index is 0.0108. The molecule has 2 aromatic rings. The monoisotopic (exact) mass is 403 g/mol. The van der Waals surface area contributed by atoms with Gasteiger partial charge in [-0.05, 0) is 18.6 Å². The summed E-state index contributed by atoms with van der Waals surface area (Å²) in [6.45, 7) is 1.92. The van der Waals surface area contributed by atoms with Crippen molar-refractivity contribution in [3.63, 3.8) is 0 Å². The van der Waals surface area contributed by atoms with Gasteiger partial charge in [-0.2, -0.15) is 0 Å². The lowest BCUT2D eigenvalue weighted by atomic mass is 10.3. The Morgan fingerprint density at radius 1 is 0.897 bits per heavy atom. The van der Waals surface area contributed by atoms with Crippen molar-refractivity contribution in [1.29, 1.82) is 0 Å². The van der Waals surface area contributed by atoms with Crippen molar-refractivity contribution in [2.45, 2.75) is 26.2 Å². The van der Waals surface area contributed by atoms with E-state index in [0.29, 0.717) is 23.5 Å². The van der Waals surface area contributed by atoms with Crippen LogP contribution in [-0.4, -0.2) is 44.5 Å². The van der Waals surface area contributed by atoms with E-state index in [9.17, 15) is 19.2 Å². The first kappa shape index (κ1) is 21.7. The Bertz CT molecular complexity index is 928. The van der Waals surface area contributed by atoms with Crippen molar-refractivity contribution in [2.75, 3.05) is 17.2 Å². The summed E-state index contributed by atoms with van der Waals surface area (Å²) < 4.78 is 3.13. The van der Waals surface area contributed by atoms with Crippen molar-refractivity contribution < 1.29 is 24.3 Å². The predicted molar refractivity (Wildman–Crippen MR) is 107 cm³/mol. The van der Waals surface area contributed by atoms with Crippen LogP contribution in [0, 0.1) is 0 Å². The summed E-state index contributed by atoms with van der Waals surface area (Å²) in [5, 5.41) is 16.6. The fourth-order valence-electron chi connectivity index (χ4n) is 2.74. The van der Waals surface area contributed by atoms with Gasteiger partial charge in [-0.3, -0.25) is 19.2 Å². The molecule has 2 aromatic heterocycles. The van der Waals surface area contributed by atoms with Crippen LogP contribution in [0.1, 0.15) is 47.2 Å². The van der Waals surface area contributed by atoms with Crippen LogP contribution in [0.2, 0.25) is 0 Å². The van der Waals surface area contributed by atoms with Gasteiger partial charge in [0.1, 0.15) is 11.4 Å². The number of aliphatic carboxylic acids is 1. The highest BCUT2D eigenvalue weighted by molar-refractivity contribution is 6.05. The molecule has 2 heterocycles. The second-order valence-electron chi connectivity index (χ2n) is 6.60. The minimum atomic E-state index is -1.00. The maximum Gasteiger partial charge on any atom is 0.305 e. The smallest absolute Gasteiger partial charge is 0.305 e. The zero-order valence-corrected chi connectivity index (χ0v) is 16.6. The van der Waals surface area contributed by atoms with Gasteiger partial charge in [0, 0.05) is 39.5 Å². The van der Waals surface area contributed by atoms with E-state index in [1.54, 1.807) is 37.1 Å². The number of carboxylic acid groups (broad SMARTS) is 1. The van der Waals surface area contributed by atoms with Gasteiger partial charge in [0.05, 0.1) is 17.8 Å². The molecule has 0 aliphatic carbocycles. The summed E-state index contributed by atoms with van der Waals surface area (Å²) in [7, 11) is 3.34. The molecule has 4 N–H and O–H groups in total. The number of anilines is 2. The highest BCUT2D eigenvalue weighted by Crippen LogP contribution is 2.17. The van der Waals surface area contributed by atoms with Gasteiger partial charge in [-0.15, -0.1) is 0 Å². The summed E-state index contributed by atoms with van der Waals surface area (Å²) in [6.07, 6.45) is 4.18. The Morgan fingerprint density at radius 2 is 1.45 bits per heavy atom. The molecule has 0 spiro atoms. The van der Waals surface area contributed by atoms with Crippen LogP contribution in [0.4, 0.5) is 11.4 Å². The van der Waals surface area contributed by atoms with E-state index in [2.05, 4.69) is 16.0 Å². The van der Waals surface area contributed by atoms with Crippen molar-refractivity contribution in [2.24, 2.45) is 14.1 Å². The number of rotatable bonds is 9. The molecule has 2 rings (SSSR count). The Hall–Kier alpha value is -3.56. The Morgan fingerprint density at radius 3 is 2.00 bits per heavy atom. The number of nitrogens with one attached hydrogen (secondary N) is 3. The van der Waals surface area contributed by atoms with Crippen LogP contribution >= 0.6 is 0 Å². The fourth-order valence-corrected chi connectivity index (χ4v) is 2.74. The summed E-state index contributed by atoms with van der Waals surface area (Å²) >= 11 is 0. The third kappa shape index (κ3) is 5.96. The quantitative estimate of drug-likeness (QED) is 0.504. The Balaban J connectivity index is 2.04. The Kier molecular flexibility index (Phi) is 7.18. The SMILES string of the molecule is CCCC(=O)Nc1cc(C(=O)Nc2cc(C(=O)NCCC(=O)O)n(C)c2)n(C)c1. The van der Waals surface area contributed by atoms with E-state index < -0.39 is 17.8 Å². The largest absolute Gasteiger partial charge is 0.481 e. The highest BCUT2D eigenvalue weighted by atomic mass is 16.4.